The van der Waals surface area contributed by atoms with E-state index in [0.29, 0.717) is 22.5 Å². The molecule has 0 unspecified atom stereocenters. The number of imidazole rings is 1. The minimum Gasteiger partial charge on any atom is -0.448 e. The summed E-state index contributed by atoms with van der Waals surface area (Å²) >= 11 is 3.28. The first-order valence-electron chi connectivity index (χ1n) is 6.64. The van der Waals surface area contributed by atoms with Crippen molar-refractivity contribution in [3.63, 3.8) is 0 Å². The van der Waals surface area contributed by atoms with E-state index >= 15 is 0 Å². The molecule has 0 fully saturated rings. The molecule has 7 heteroatoms. The number of halogens is 1. The summed E-state index contributed by atoms with van der Waals surface area (Å²) in [7, 11) is 1.85. The molecule has 0 spiro atoms. The minimum atomic E-state index is -0.0920. The predicted octanol–water partition coefficient (Wildman–Crippen LogP) is 2.55. The summed E-state index contributed by atoms with van der Waals surface area (Å²) in [5.41, 5.74) is 2.19. The van der Waals surface area contributed by atoms with E-state index < -0.39 is 0 Å². The summed E-state index contributed by atoms with van der Waals surface area (Å²) in [6.45, 7) is 1.45. The van der Waals surface area contributed by atoms with Crippen molar-refractivity contribution in [3.8, 4) is 0 Å². The van der Waals surface area contributed by atoms with Gasteiger partial charge in [0.25, 0.3) is 5.91 Å². The van der Waals surface area contributed by atoms with Crippen molar-refractivity contribution in [1.82, 2.24) is 19.4 Å². The quantitative estimate of drug-likeness (QED) is 0.719. The van der Waals surface area contributed by atoms with Crippen molar-refractivity contribution in [3.05, 3.63) is 41.2 Å². The van der Waals surface area contributed by atoms with Crippen LogP contribution in [0.1, 0.15) is 16.9 Å². The fraction of sp³-hybridized carbons (Fsp3) is 0.286. The summed E-state index contributed by atoms with van der Waals surface area (Å²) in [5, 5.41) is 2.92. The third-order valence-electron chi connectivity index (χ3n) is 3.37. The van der Waals surface area contributed by atoms with Gasteiger partial charge in [0.1, 0.15) is 5.69 Å². The first-order valence-corrected chi connectivity index (χ1v) is 7.43. The molecule has 110 valence electrons. The lowest BCUT2D eigenvalue weighted by Crippen LogP contribution is -2.26. The van der Waals surface area contributed by atoms with E-state index in [2.05, 4.69) is 26.2 Å². The van der Waals surface area contributed by atoms with Gasteiger partial charge in [0.05, 0.1) is 11.8 Å². The van der Waals surface area contributed by atoms with Gasteiger partial charge in [0, 0.05) is 44.7 Å². The molecule has 3 rings (SSSR count). The average Bonchev–Trinajstić information content (AvgIpc) is 3.14. The van der Waals surface area contributed by atoms with Crippen molar-refractivity contribution in [2.45, 2.75) is 13.0 Å². The maximum Gasteiger partial charge on any atom is 0.268 e. The van der Waals surface area contributed by atoms with Crippen LogP contribution in [0.5, 0.6) is 0 Å². The smallest absolute Gasteiger partial charge is 0.268 e. The molecular weight excluding hydrogens is 336 g/mol. The molecule has 1 amide bonds. The highest BCUT2D eigenvalue weighted by Gasteiger charge is 2.15. The lowest BCUT2D eigenvalue weighted by molar-refractivity contribution is 0.0945. The molecule has 21 heavy (non-hydrogen) atoms. The van der Waals surface area contributed by atoms with Crippen molar-refractivity contribution in [2.75, 3.05) is 6.54 Å². The third-order valence-corrected chi connectivity index (χ3v) is 3.76. The number of hydrogen-bond donors (Lipinski definition) is 1. The second kappa shape index (κ2) is 5.77. The molecule has 0 aliphatic carbocycles. The maximum atomic E-state index is 12.2. The Labute approximate surface area is 129 Å². The second-order valence-electron chi connectivity index (χ2n) is 4.80. The number of furan rings is 1. The van der Waals surface area contributed by atoms with Gasteiger partial charge in [-0.05, 0) is 22.4 Å². The normalized spacial score (nSPS) is 11.1. The number of fused-ring (bicyclic) bond motifs is 1. The number of hydrogen-bond acceptors (Lipinski definition) is 3. The van der Waals surface area contributed by atoms with Crippen LogP contribution >= 0.6 is 15.9 Å². The van der Waals surface area contributed by atoms with E-state index in [4.69, 9.17) is 4.42 Å². The molecule has 0 saturated carbocycles. The highest BCUT2D eigenvalue weighted by molar-refractivity contribution is 9.10. The zero-order chi connectivity index (χ0) is 14.8. The monoisotopic (exact) mass is 350 g/mol. The Hall–Kier alpha value is -2.02. The van der Waals surface area contributed by atoms with Crippen molar-refractivity contribution < 1.29 is 9.21 Å². The van der Waals surface area contributed by atoms with E-state index in [1.165, 1.54) is 0 Å². The first kappa shape index (κ1) is 13.9. The molecule has 0 aliphatic rings. The minimum absolute atomic E-state index is 0.0920. The Morgan fingerprint density at radius 3 is 3.05 bits per heavy atom. The van der Waals surface area contributed by atoms with Gasteiger partial charge >= 0.3 is 0 Å². The summed E-state index contributed by atoms with van der Waals surface area (Å²) in [5.74, 6) is -0.0920. The summed E-state index contributed by atoms with van der Waals surface area (Å²) < 4.78 is 9.94. The molecule has 1 N–H and O–H groups in total. The zero-order valence-corrected chi connectivity index (χ0v) is 13.1. The Kier molecular flexibility index (Phi) is 3.83. The summed E-state index contributed by atoms with van der Waals surface area (Å²) in [4.78, 5) is 16.2. The van der Waals surface area contributed by atoms with Crippen LogP contribution in [-0.4, -0.2) is 26.6 Å². The van der Waals surface area contributed by atoms with E-state index in [1.807, 2.05) is 28.4 Å². The highest BCUT2D eigenvalue weighted by Crippen LogP contribution is 2.25. The molecule has 3 aromatic rings. The fourth-order valence-electron chi connectivity index (χ4n) is 2.27. The zero-order valence-electron chi connectivity index (χ0n) is 11.5. The van der Waals surface area contributed by atoms with E-state index in [9.17, 15) is 4.79 Å². The van der Waals surface area contributed by atoms with Gasteiger partial charge in [-0.3, -0.25) is 4.79 Å². The standard InChI is InChI=1S/C14H15BrN4O2/c1-18-10-8-13(15)21-12(10)7-11(18)14(20)17-3-2-5-19-6-4-16-9-19/h4,6-9H,2-3,5H2,1H3,(H,17,20). The van der Waals surface area contributed by atoms with Crippen LogP contribution in [0, 0.1) is 0 Å². The third kappa shape index (κ3) is 2.87. The summed E-state index contributed by atoms with van der Waals surface area (Å²) in [6, 6.07) is 3.61. The molecule has 0 bridgehead atoms. The number of amides is 1. The SMILES string of the molecule is Cn1c(C(=O)NCCCn2ccnc2)cc2oc(Br)cc21. The molecule has 0 aromatic carbocycles. The molecule has 0 radical (unpaired) electrons. The van der Waals surface area contributed by atoms with Gasteiger partial charge in [0.2, 0.25) is 0 Å². The number of nitrogens with zero attached hydrogens (tertiary/aromatic N) is 3. The number of aryl methyl sites for hydroxylation is 2. The lowest BCUT2D eigenvalue weighted by Gasteiger charge is -2.06. The van der Waals surface area contributed by atoms with Gasteiger partial charge in [-0.15, -0.1) is 0 Å². The van der Waals surface area contributed by atoms with Crippen LogP contribution in [0.25, 0.3) is 11.1 Å². The molecule has 3 aromatic heterocycles. The highest BCUT2D eigenvalue weighted by atomic mass is 79.9. The van der Waals surface area contributed by atoms with Gasteiger partial charge in [-0.25, -0.2) is 4.98 Å². The molecular formula is C14H15BrN4O2. The Bertz CT molecular complexity index is 757. The van der Waals surface area contributed by atoms with E-state index in [-0.39, 0.29) is 5.91 Å². The fourth-order valence-corrected chi connectivity index (χ4v) is 2.66. The number of rotatable bonds is 5. The Morgan fingerprint density at radius 2 is 2.33 bits per heavy atom. The number of carbonyl (C=O) groups excluding carboxylic acids is 1. The van der Waals surface area contributed by atoms with Crippen LogP contribution in [0.4, 0.5) is 0 Å². The second-order valence-corrected chi connectivity index (χ2v) is 5.58. The van der Waals surface area contributed by atoms with Crippen molar-refractivity contribution >= 4 is 32.9 Å². The number of nitrogens with one attached hydrogen (secondary N) is 1. The van der Waals surface area contributed by atoms with Gasteiger partial charge in [0.15, 0.2) is 10.3 Å². The largest absolute Gasteiger partial charge is 0.448 e. The lowest BCUT2D eigenvalue weighted by atomic mass is 10.3. The van der Waals surface area contributed by atoms with Crippen molar-refractivity contribution in [1.29, 1.82) is 0 Å². The van der Waals surface area contributed by atoms with Crippen LogP contribution in [-0.2, 0) is 13.6 Å². The number of aromatic nitrogens is 3. The van der Waals surface area contributed by atoms with E-state index in [0.717, 1.165) is 18.5 Å². The van der Waals surface area contributed by atoms with Crippen LogP contribution < -0.4 is 5.32 Å². The summed E-state index contributed by atoms with van der Waals surface area (Å²) in [6.07, 6.45) is 6.28. The molecule has 3 heterocycles. The van der Waals surface area contributed by atoms with Crippen LogP contribution in [0.15, 0.2) is 39.9 Å². The topological polar surface area (TPSA) is 65.0 Å². The molecule has 0 atom stereocenters. The van der Waals surface area contributed by atoms with Gasteiger partial charge in [-0.1, -0.05) is 0 Å². The van der Waals surface area contributed by atoms with Crippen LogP contribution in [0.2, 0.25) is 0 Å². The Balaban J connectivity index is 1.59. The molecule has 0 saturated heterocycles. The Morgan fingerprint density at radius 1 is 1.48 bits per heavy atom. The maximum absolute atomic E-state index is 12.2. The number of carbonyl (C=O) groups is 1. The first-order chi connectivity index (χ1) is 10.1. The van der Waals surface area contributed by atoms with Gasteiger partial charge < -0.3 is 18.9 Å². The molecule has 0 aliphatic heterocycles. The molecule has 6 nitrogen and oxygen atoms in total. The average molecular weight is 351 g/mol. The van der Waals surface area contributed by atoms with Crippen LogP contribution in [0.3, 0.4) is 0 Å². The van der Waals surface area contributed by atoms with Crippen molar-refractivity contribution in [2.24, 2.45) is 7.05 Å². The predicted molar refractivity (Wildman–Crippen MR) is 82.1 cm³/mol. The van der Waals surface area contributed by atoms with Gasteiger partial charge in [-0.2, -0.15) is 0 Å². The van der Waals surface area contributed by atoms with E-state index in [1.54, 1.807) is 18.6 Å².